The van der Waals surface area contributed by atoms with Crippen LogP contribution in [0.5, 0.6) is 17.2 Å². The number of ether oxygens (including phenoxy) is 2. The zero-order chi connectivity index (χ0) is 31.0. The van der Waals surface area contributed by atoms with Crippen molar-refractivity contribution >= 4 is 38.6 Å². The fraction of sp³-hybridized carbons (Fsp3) is 0.250. The summed E-state index contributed by atoms with van der Waals surface area (Å²) in [7, 11) is -0.283. The van der Waals surface area contributed by atoms with Gasteiger partial charge in [0, 0.05) is 23.2 Å². The van der Waals surface area contributed by atoms with Gasteiger partial charge in [-0.05, 0) is 92.0 Å². The van der Waals surface area contributed by atoms with E-state index in [9.17, 15) is 8.42 Å². The SMILES string of the molecule is COc1cc(-c2nc(N)c3cc(C4CCNCC4)c(-c4ccc(N(C)S(C)(=O)=O)cc4)n3n2)ccc1Oc1cccc(Cl)c1. The summed E-state index contributed by atoms with van der Waals surface area (Å²) in [6, 6.07) is 22.1. The summed E-state index contributed by atoms with van der Waals surface area (Å²) in [6.07, 6.45) is 3.14. The Kier molecular flexibility index (Phi) is 8.10. The van der Waals surface area contributed by atoms with Crippen LogP contribution in [0.15, 0.2) is 72.8 Å². The number of anilines is 2. The molecule has 1 fully saturated rings. The number of nitrogen functional groups attached to an aromatic ring is 1. The van der Waals surface area contributed by atoms with Gasteiger partial charge in [0.25, 0.3) is 0 Å². The maximum atomic E-state index is 12.1. The summed E-state index contributed by atoms with van der Waals surface area (Å²) in [6.45, 7) is 1.84. The van der Waals surface area contributed by atoms with Gasteiger partial charge in [0.2, 0.25) is 10.0 Å². The third-order valence-electron chi connectivity index (χ3n) is 7.92. The third kappa shape index (κ3) is 5.90. The zero-order valence-corrected chi connectivity index (χ0v) is 26.2. The summed E-state index contributed by atoms with van der Waals surface area (Å²) in [5.41, 5.74) is 11.5. The Morgan fingerprint density at radius 3 is 2.41 bits per heavy atom. The lowest BCUT2D eigenvalue weighted by Crippen LogP contribution is -2.26. The summed E-state index contributed by atoms with van der Waals surface area (Å²) < 4.78 is 39.0. The lowest BCUT2D eigenvalue weighted by molar-refractivity contribution is 0.379. The number of nitrogens with one attached hydrogen (secondary N) is 1. The van der Waals surface area contributed by atoms with Gasteiger partial charge in [0.1, 0.15) is 11.3 Å². The van der Waals surface area contributed by atoms with Crippen LogP contribution in [0, 0.1) is 0 Å². The first kappa shape index (κ1) is 29.7. The average molecular weight is 633 g/mol. The molecule has 228 valence electrons. The predicted octanol–water partition coefficient (Wildman–Crippen LogP) is 5.96. The van der Waals surface area contributed by atoms with E-state index in [4.69, 9.17) is 31.9 Å². The van der Waals surface area contributed by atoms with Gasteiger partial charge in [0.05, 0.1) is 24.7 Å². The molecular formula is C32H33ClN6O4S. The molecule has 6 rings (SSSR count). The molecule has 0 saturated carbocycles. The summed E-state index contributed by atoms with van der Waals surface area (Å²) in [4.78, 5) is 4.68. The lowest BCUT2D eigenvalue weighted by atomic mass is 9.88. The summed E-state index contributed by atoms with van der Waals surface area (Å²) in [5, 5.41) is 8.99. The summed E-state index contributed by atoms with van der Waals surface area (Å²) >= 11 is 6.13. The van der Waals surface area contributed by atoms with E-state index in [1.165, 1.54) is 17.6 Å². The van der Waals surface area contributed by atoms with Gasteiger partial charge in [0.15, 0.2) is 23.1 Å². The first-order valence-corrected chi connectivity index (χ1v) is 16.4. The lowest BCUT2D eigenvalue weighted by Gasteiger charge is -2.23. The van der Waals surface area contributed by atoms with Crippen molar-refractivity contribution in [1.29, 1.82) is 0 Å². The Morgan fingerprint density at radius 2 is 1.73 bits per heavy atom. The largest absolute Gasteiger partial charge is 0.493 e. The molecule has 0 amide bonds. The van der Waals surface area contributed by atoms with E-state index in [1.807, 2.05) is 40.9 Å². The maximum absolute atomic E-state index is 12.1. The fourth-order valence-electron chi connectivity index (χ4n) is 5.52. The van der Waals surface area contributed by atoms with E-state index in [2.05, 4.69) is 16.4 Å². The molecular weight excluding hydrogens is 600 g/mol. The van der Waals surface area contributed by atoms with Crippen molar-refractivity contribution in [3.8, 4) is 39.9 Å². The standard InChI is InChI=1S/C32H33ClN6O4S/c1-38(44(3,40)41)24-10-7-21(8-11-24)30-26(20-13-15-35-16-14-20)19-27-31(34)36-32(37-39(27)30)22-9-12-28(29(17-22)42-2)43-25-6-4-5-23(33)18-25/h4-12,17-20,35H,13-16H2,1-3H3,(H2,34,36,37). The molecule has 12 heteroatoms. The highest BCUT2D eigenvalue weighted by Gasteiger charge is 2.25. The molecule has 0 bridgehead atoms. The van der Waals surface area contributed by atoms with Gasteiger partial charge in [-0.25, -0.2) is 17.9 Å². The number of aromatic nitrogens is 3. The number of nitrogens with two attached hydrogens (primary N) is 1. The number of nitrogens with zero attached hydrogens (tertiary/aromatic N) is 4. The second-order valence-corrected chi connectivity index (χ2v) is 13.2. The van der Waals surface area contributed by atoms with Crippen LogP contribution in [0.1, 0.15) is 24.3 Å². The molecule has 44 heavy (non-hydrogen) atoms. The molecule has 5 aromatic rings. The van der Waals surface area contributed by atoms with Crippen LogP contribution < -0.4 is 24.8 Å². The number of sulfonamides is 1. The average Bonchev–Trinajstić information content (AvgIpc) is 3.41. The van der Waals surface area contributed by atoms with Crippen molar-refractivity contribution in [2.75, 3.05) is 43.5 Å². The Hall–Kier alpha value is -4.32. The zero-order valence-electron chi connectivity index (χ0n) is 24.6. The molecule has 1 aliphatic heterocycles. The van der Waals surface area contributed by atoms with Crippen molar-refractivity contribution in [3.05, 3.63) is 83.4 Å². The van der Waals surface area contributed by atoms with Gasteiger partial charge in [-0.3, -0.25) is 4.31 Å². The third-order valence-corrected chi connectivity index (χ3v) is 9.36. The molecule has 1 saturated heterocycles. The number of piperidine rings is 1. The van der Waals surface area contributed by atoms with E-state index < -0.39 is 10.0 Å². The predicted molar refractivity (Wildman–Crippen MR) is 174 cm³/mol. The van der Waals surface area contributed by atoms with Crippen molar-refractivity contribution in [2.45, 2.75) is 18.8 Å². The van der Waals surface area contributed by atoms with Gasteiger partial charge in [-0.1, -0.05) is 29.8 Å². The van der Waals surface area contributed by atoms with E-state index in [1.54, 1.807) is 37.4 Å². The van der Waals surface area contributed by atoms with Crippen LogP contribution in [0.4, 0.5) is 11.5 Å². The smallest absolute Gasteiger partial charge is 0.231 e. The maximum Gasteiger partial charge on any atom is 0.231 e. The van der Waals surface area contributed by atoms with E-state index in [0.29, 0.717) is 56.6 Å². The van der Waals surface area contributed by atoms with Crippen molar-refractivity contribution in [1.82, 2.24) is 19.9 Å². The first-order chi connectivity index (χ1) is 21.1. The monoisotopic (exact) mass is 632 g/mol. The highest BCUT2D eigenvalue weighted by Crippen LogP contribution is 2.40. The van der Waals surface area contributed by atoms with Crippen LogP contribution in [0.3, 0.4) is 0 Å². The van der Waals surface area contributed by atoms with E-state index >= 15 is 0 Å². The van der Waals surface area contributed by atoms with E-state index in [0.717, 1.165) is 42.8 Å². The molecule has 10 nitrogen and oxygen atoms in total. The van der Waals surface area contributed by atoms with Gasteiger partial charge in [-0.15, -0.1) is 5.10 Å². The van der Waals surface area contributed by atoms with Crippen LogP contribution in [0.25, 0.3) is 28.2 Å². The molecule has 1 aliphatic rings. The number of rotatable bonds is 8. The molecule has 3 N–H and O–H groups in total. The van der Waals surface area contributed by atoms with Crippen molar-refractivity contribution in [2.24, 2.45) is 0 Å². The quantitative estimate of drug-likeness (QED) is 0.215. The Labute approximate surface area is 261 Å². The minimum absolute atomic E-state index is 0.303. The minimum Gasteiger partial charge on any atom is -0.493 e. The van der Waals surface area contributed by atoms with Crippen LogP contribution in [-0.2, 0) is 10.0 Å². The Bertz CT molecular complexity index is 1940. The molecule has 3 aromatic carbocycles. The molecule has 0 spiro atoms. The number of fused-ring (bicyclic) bond motifs is 1. The van der Waals surface area contributed by atoms with Crippen LogP contribution >= 0.6 is 11.6 Å². The Balaban J connectivity index is 1.45. The molecule has 3 heterocycles. The van der Waals surface area contributed by atoms with E-state index in [-0.39, 0.29) is 0 Å². The summed E-state index contributed by atoms with van der Waals surface area (Å²) in [5.74, 6) is 2.67. The number of methoxy groups -OCH3 is 1. The topological polar surface area (TPSA) is 124 Å². The highest BCUT2D eigenvalue weighted by molar-refractivity contribution is 7.92. The highest BCUT2D eigenvalue weighted by atomic mass is 35.5. The minimum atomic E-state index is -3.39. The second kappa shape index (κ2) is 12.0. The molecule has 0 unspecified atom stereocenters. The van der Waals surface area contributed by atoms with Gasteiger partial charge < -0.3 is 20.5 Å². The number of hydrogen-bond acceptors (Lipinski definition) is 8. The molecule has 0 aliphatic carbocycles. The fourth-order valence-corrected chi connectivity index (χ4v) is 6.20. The molecule has 2 aromatic heterocycles. The second-order valence-electron chi connectivity index (χ2n) is 10.8. The van der Waals surface area contributed by atoms with Crippen molar-refractivity contribution in [3.63, 3.8) is 0 Å². The Morgan fingerprint density at radius 1 is 1.00 bits per heavy atom. The van der Waals surface area contributed by atoms with Gasteiger partial charge in [-0.2, -0.15) is 0 Å². The van der Waals surface area contributed by atoms with Crippen molar-refractivity contribution < 1.29 is 17.9 Å². The number of halogens is 1. The normalized spacial score (nSPS) is 14.1. The van der Waals surface area contributed by atoms with Crippen LogP contribution in [-0.4, -0.2) is 56.5 Å². The number of benzene rings is 3. The van der Waals surface area contributed by atoms with Crippen LogP contribution in [0.2, 0.25) is 5.02 Å². The first-order valence-electron chi connectivity index (χ1n) is 14.2. The van der Waals surface area contributed by atoms with Gasteiger partial charge >= 0.3 is 0 Å². The molecule has 0 atom stereocenters. The molecule has 0 radical (unpaired) electrons. The number of hydrogen-bond donors (Lipinski definition) is 2.